The lowest BCUT2D eigenvalue weighted by molar-refractivity contribution is 0.240. The minimum absolute atomic E-state index is 0.146. The Hall–Kier alpha value is -3.39. The highest BCUT2D eigenvalue weighted by Gasteiger charge is 2.25. The Morgan fingerprint density at radius 1 is 1.27 bits per heavy atom. The monoisotopic (exact) mass is 544 g/mol. The maximum atomic E-state index is 13.7. The van der Waals surface area contributed by atoms with Crippen molar-refractivity contribution in [3.63, 3.8) is 0 Å². The van der Waals surface area contributed by atoms with Gasteiger partial charge >= 0.3 is 0 Å². The van der Waals surface area contributed by atoms with Crippen molar-refractivity contribution in [1.82, 2.24) is 24.7 Å². The third-order valence-electron chi connectivity index (χ3n) is 4.37. The maximum Gasteiger partial charge on any atom is 0.266 e. The molecule has 2 N–H and O–H groups in total. The predicted molar refractivity (Wildman–Crippen MR) is 121 cm³/mol. The molecule has 0 spiro atoms. The number of alkyl halides is 1. The van der Waals surface area contributed by atoms with Crippen molar-refractivity contribution in [3.8, 4) is 23.2 Å². The standard InChI is InChI=1S/C19H18BrFN6O5S/c1-30-17-16(32-9-6-21)18(31-2)25-19(24-17)26-33(28,29)13-10-22-14-11(13)4-5-12(20)15(14)27-8-3-7-23-27/h3-5,7-8,10,22H,6,9H2,1-2H3,(H,24,25,26)/i6D2,9D2. The van der Waals surface area contributed by atoms with E-state index in [1.54, 1.807) is 35.3 Å². The minimum atomic E-state index is -4.31. The number of hydrogen-bond donors (Lipinski definition) is 2. The van der Waals surface area contributed by atoms with E-state index >= 15 is 0 Å². The van der Waals surface area contributed by atoms with Crippen LogP contribution in [0, 0.1) is 0 Å². The molecule has 0 atom stereocenters. The lowest BCUT2D eigenvalue weighted by atomic mass is 10.2. The molecule has 0 aliphatic heterocycles. The number of nitrogens with zero attached hydrogens (tertiary/aromatic N) is 4. The number of hydrogen-bond acceptors (Lipinski definition) is 8. The van der Waals surface area contributed by atoms with Gasteiger partial charge in [0.2, 0.25) is 11.7 Å². The summed E-state index contributed by atoms with van der Waals surface area (Å²) in [5, 5.41) is 4.52. The summed E-state index contributed by atoms with van der Waals surface area (Å²) < 4.78 is 88.5. The first-order chi connectivity index (χ1) is 17.3. The molecular weight excluding hydrogens is 523 g/mol. The molecule has 4 aromatic rings. The van der Waals surface area contributed by atoms with E-state index in [-0.39, 0.29) is 4.90 Å². The van der Waals surface area contributed by atoms with Crippen LogP contribution in [0.15, 0.2) is 46.2 Å². The highest BCUT2D eigenvalue weighted by molar-refractivity contribution is 9.10. The molecule has 0 aliphatic rings. The molecule has 11 nitrogen and oxygen atoms in total. The summed E-state index contributed by atoms with van der Waals surface area (Å²) in [5.41, 5.74) is 1.05. The number of halogens is 2. The van der Waals surface area contributed by atoms with Crippen molar-refractivity contribution < 1.29 is 32.5 Å². The topological polar surface area (TPSA) is 133 Å². The fraction of sp³-hybridized carbons (Fsp3) is 0.211. The van der Waals surface area contributed by atoms with Crippen molar-refractivity contribution >= 4 is 42.8 Å². The van der Waals surface area contributed by atoms with E-state index in [4.69, 9.17) is 19.7 Å². The van der Waals surface area contributed by atoms with Gasteiger partial charge in [-0.15, -0.1) is 0 Å². The van der Waals surface area contributed by atoms with Crippen LogP contribution >= 0.6 is 15.9 Å². The van der Waals surface area contributed by atoms with Gasteiger partial charge < -0.3 is 19.2 Å². The maximum absolute atomic E-state index is 13.7. The quantitative estimate of drug-likeness (QED) is 0.328. The van der Waals surface area contributed by atoms with Crippen LogP contribution in [0.5, 0.6) is 17.5 Å². The van der Waals surface area contributed by atoms with E-state index in [0.29, 0.717) is 21.1 Å². The van der Waals surface area contributed by atoms with Gasteiger partial charge in [-0.05, 0) is 28.1 Å². The molecular formula is C19H18BrFN6O5S. The molecule has 0 fully saturated rings. The second-order valence-electron chi connectivity index (χ2n) is 6.22. The van der Waals surface area contributed by atoms with Crippen LogP contribution in [-0.4, -0.2) is 60.6 Å². The first-order valence-electron chi connectivity index (χ1n) is 11.0. The number of benzene rings is 1. The van der Waals surface area contributed by atoms with Crippen LogP contribution in [-0.2, 0) is 10.0 Å². The number of methoxy groups -OCH3 is 2. The number of fused-ring (bicyclic) bond motifs is 1. The largest absolute Gasteiger partial charge is 0.481 e. The Labute approximate surface area is 201 Å². The first kappa shape index (κ1) is 18.1. The van der Waals surface area contributed by atoms with Crippen LogP contribution < -0.4 is 18.9 Å². The number of sulfonamides is 1. The van der Waals surface area contributed by atoms with Gasteiger partial charge in [-0.3, -0.25) is 0 Å². The zero-order valence-corrected chi connectivity index (χ0v) is 19.4. The van der Waals surface area contributed by atoms with Gasteiger partial charge in [-0.25, -0.2) is 22.2 Å². The number of nitrogens with one attached hydrogen (secondary N) is 2. The predicted octanol–water partition coefficient (Wildman–Crippen LogP) is 3.07. The van der Waals surface area contributed by atoms with Gasteiger partial charge in [-0.2, -0.15) is 15.1 Å². The zero-order valence-electron chi connectivity index (χ0n) is 21.0. The summed E-state index contributed by atoms with van der Waals surface area (Å²) >= 11 is 3.44. The Morgan fingerprint density at radius 2 is 2.00 bits per heavy atom. The van der Waals surface area contributed by atoms with Gasteiger partial charge in [0.1, 0.15) is 23.8 Å². The van der Waals surface area contributed by atoms with Crippen LogP contribution in [0.25, 0.3) is 16.6 Å². The third-order valence-corrected chi connectivity index (χ3v) is 6.38. The third kappa shape index (κ3) is 4.30. The number of H-pyrrole nitrogens is 1. The van der Waals surface area contributed by atoms with Gasteiger partial charge in [0.05, 0.1) is 25.2 Å². The molecule has 0 radical (unpaired) electrons. The van der Waals surface area contributed by atoms with Crippen LogP contribution in [0.2, 0.25) is 0 Å². The molecule has 0 aliphatic carbocycles. The summed E-state index contributed by atoms with van der Waals surface area (Å²) in [4.78, 5) is 10.5. The molecule has 33 heavy (non-hydrogen) atoms. The Bertz CT molecular complexity index is 1540. The number of aromatic nitrogens is 5. The SMILES string of the molecule is [2H]C([2H])(F)C([2H])([2H])Oc1c(OC)nc(NS(=O)(=O)c2c[nH]c3c(-n4cccn4)c(Br)ccc23)nc1OC. The zero-order chi connectivity index (χ0) is 27.2. The molecule has 0 bridgehead atoms. The number of rotatable bonds is 9. The van der Waals surface area contributed by atoms with Gasteiger partial charge in [0.25, 0.3) is 21.8 Å². The fourth-order valence-corrected chi connectivity index (χ4v) is 4.67. The molecule has 3 heterocycles. The Morgan fingerprint density at radius 3 is 2.61 bits per heavy atom. The van der Waals surface area contributed by atoms with E-state index in [1.807, 2.05) is 0 Å². The fourth-order valence-electron chi connectivity index (χ4n) is 3.05. The Balaban J connectivity index is 1.74. The Kier molecular flexibility index (Phi) is 5.06. The van der Waals surface area contributed by atoms with E-state index < -0.39 is 46.7 Å². The molecule has 0 saturated heterocycles. The second-order valence-corrected chi connectivity index (χ2v) is 8.73. The normalized spacial score (nSPS) is 14.2. The van der Waals surface area contributed by atoms with E-state index in [9.17, 15) is 12.8 Å². The van der Waals surface area contributed by atoms with Crippen molar-refractivity contribution in [1.29, 1.82) is 0 Å². The van der Waals surface area contributed by atoms with Crippen LogP contribution in [0.1, 0.15) is 5.48 Å². The molecule has 3 aromatic heterocycles. The van der Waals surface area contributed by atoms with Crippen LogP contribution in [0.3, 0.4) is 0 Å². The average molecular weight is 545 g/mol. The van der Waals surface area contributed by atoms with E-state index in [2.05, 4.69) is 40.7 Å². The number of aromatic amines is 1. The second kappa shape index (κ2) is 9.23. The summed E-state index contributed by atoms with van der Waals surface area (Å²) in [6.07, 6.45) is 4.54. The van der Waals surface area contributed by atoms with Crippen molar-refractivity contribution in [2.45, 2.75) is 4.90 Å². The highest BCUT2D eigenvalue weighted by Crippen LogP contribution is 2.36. The molecule has 174 valence electrons. The smallest absolute Gasteiger partial charge is 0.266 e. The lowest BCUT2D eigenvalue weighted by Gasteiger charge is -2.14. The molecule has 0 amide bonds. The molecule has 1 aromatic carbocycles. The molecule has 14 heteroatoms. The first-order valence-corrected chi connectivity index (χ1v) is 11.3. The molecule has 0 unspecified atom stereocenters. The van der Waals surface area contributed by atoms with Gasteiger partial charge in [0.15, 0.2) is 0 Å². The van der Waals surface area contributed by atoms with Gasteiger partial charge in [-0.1, -0.05) is 6.07 Å². The summed E-state index contributed by atoms with van der Waals surface area (Å²) in [6.45, 7) is -7.40. The van der Waals surface area contributed by atoms with Crippen molar-refractivity contribution in [3.05, 3.63) is 41.3 Å². The van der Waals surface area contributed by atoms with Gasteiger partial charge in [0, 0.05) is 28.4 Å². The average Bonchev–Trinajstić information content (AvgIpc) is 3.49. The van der Waals surface area contributed by atoms with E-state index in [0.717, 1.165) is 14.2 Å². The number of anilines is 1. The minimum Gasteiger partial charge on any atom is -0.481 e. The van der Waals surface area contributed by atoms with Crippen molar-refractivity contribution in [2.75, 3.05) is 32.1 Å². The number of ether oxygens (including phenoxy) is 3. The van der Waals surface area contributed by atoms with Crippen molar-refractivity contribution in [2.24, 2.45) is 0 Å². The summed E-state index contributed by atoms with van der Waals surface area (Å²) in [6, 6.07) is 4.97. The molecule has 4 rings (SSSR count). The van der Waals surface area contributed by atoms with Crippen LogP contribution in [0.4, 0.5) is 10.3 Å². The summed E-state index contributed by atoms with van der Waals surface area (Å²) in [5.74, 6) is -2.30. The molecule has 0 saturated carbocycles. The lowest BCUT2D eigenvalue weighted by Crippen LogP contribution is -2.16. The highest BCUT2D eigenvalue weighted by atomic mass is 79.9. The summed E-state index contributed by atoms with van der Waals surface area (Å²) in [7, 11) is -2.12. The van der Waals surface area contributed by atoms with E-state index in [1.165, 1.54) is 6.20 Å².